The number of hydrogen-bond donors (Lipinski definition) is 1. The largest absolute Gasteiger partial charge is 0.353 e. The highest BCUT2D eigenvalue weighted by molar-refractivity contribution is 9.10. The van der Waals surface area contributed by atoms with Gasteiger partial charge in [0.05, 0.1) is 16.6 Å². The summed E-state index contributed by atoms with van der Waals surface area (Å²) in [6.07, 6.45) is 7.71. The minimum Gasteiger partial charge on any atom is -0.353 e. The van der Waals surface area contributed by atoms with Gasteiger partial charge < -0.3 is 10.2 Å². The van der Waals surface area contributed by atoms with E-state index in [0.29, 0.717) is 24.0 Å². The number of piperidine rings is 1. The van der Waals surface area contributed by atoms with Crippen molar-refractivity contribution in [2.75, 3.05) is 25.4 Å². The number of nitrogens with one attached hydrogen (secondary N) is 1. The summed E-state index contributed by atoms with van der Waals surface area (Å²) in [5.74, 6) is 0.226. The summed E-state index contributed by atoms with van der Waals surface area (Å²) in [5, 5.41) is 3.22. The Labute approximate surface area is 170 Å². The lowest BCUT2D eigenvalue weighted by atomic mass is 9.93. The zero-order chi connectivity index (χ0) is 19.3. The van der Waals surface area contributed by atoms with Crippen molar-refractivity contribution in [2.45, 2.75) is 55.9 Å². The first kappa shape index (κ1) is 20.8. The Balaban J connectivity index is 1.50. The lowest BCUT2D eigenvalue weighted by molar-refractivity contribution is -0.127. The number of carbonyl (C=O) groups excluding carboxylic acids is 1. The molecule has 7 heteroatoms. The number of halogens is 1. The second-order valence-electron chi connectivity index (χ2n) is 7.76. The van der Waals surface area contributed by atoms with Crippen molar-refractivity contribution in [3.8, 4) is 0 Å². The van der Waals surface area contributed by atoms with Crippen molar-refractivity contribution in [1.82, 2.24) is 10.2 Å². The highest BCUT2D eigenvalue weighted by Crippen LogP contribution is 2.21. The number of amides is 1. The molecule has 5 nitrogen and oxygen atoms in total. The monoisotopic (exact) mass is 456 g/mol. The highest BCUT2D eigenvalue weighted by atomic mass is 79.9. The fraction of sp³-hybridized carbons (Fsp3) is 0.650. The van der Waals surface area contributed by atoms with Crippen molar-refractivity contribution in [3.63, 3.8) is 0 Å². The quantitative estimate of drug-likeness (QED) is 0.712. The first-order valence-corrected chi connectivity index (χ1v) is 12.4. The molecule has 1 aliphatic carbocycles. The van der Waals surface area contributed by atoms with Crippen molar-refractivity contribution in [1.29, 1.82) is 0 Å². The van der Waals surface area contributed by atoms with Crippen LogP contribution in [0.4, 0.5) is 0 Å². The molecule has 1 saturated heterocycles. The molecule has 1 heterocycles. The SMILES string of the molecule is O=C(NC1CCCCC1)C1CCCN(CCS(=O)(=O)c2ccc(Br)cc2)C1. The van der Waals surface area contributed by atoms with Gasteiger partial charge in [-0.25, -0.2) is 8.42 Å². The minimum absolute atomic E-state index is 0.0175. The summed E-state index contributed by atoms with van der Waals surface area (Å²) < 4.78 is 26.0. The summed E-state index contributed by atoms with van der Waals surface area (Å²) in [6.45, 7) is 2.00. The topological polar surface area (TPSA) is 66.5 Å². The van der Waals surface area contributed by atoms with Crippen molar-refractivity contribution in [3.05, 3.63) is 28.7 Å². The number of sulfone groups is 1. The van der Waals surface area contributed by atoms with E-state index in [0.717, 1.165) is 36.7 Å². The van der Waals surface area contributed by atoms with Gasteiger partial charge >= 0.3 is 0 Å². The van der Waals surface area contributed by atoms with E-state index in [1.165, 1.54) is 19.3 Å². The standard InChI is InChI=1S/C20H29BrN2O3S/c21-17-8-10-19(11-9-17)27(25,26)14-13-23-12-4-5-16(15-23)20(24)22-18-6-2-1-3-7-18/h8-11,16,18H,1-7,12-15H2,(H,22,24). The Bertz CT molecular complexity index is 730. The summed E-state index contributed by atoms with van der Waals surface area (Å²) >= 11 is 3.33. The molecule has 1 saturated carbocycles. The maximum atomic E-state index is 12.6. The molecule has 0 spiro atoms. The molecular formula is C20H29BrN2O3S. The van der Waals surface area contributed by atoms with E-state index < -0.39 is 9.84 Å². The van der Waals surface area contributed by atoms with Crippen LogP contribution >= 0.6 is 15.9 Å². The lowest BCUT2D eigenvalue weighted by Crippen LogP contribution is -2.47. The predicted octanol–water partition coefficient (Wildman–Crippen LogP) is 3.38. The molecule has 1 atom stereocenters. The van der Waals surface area contributed by atoms with E-state index in [1.54, 1.807) is 24.3 Å². The average molecular weight is 457 g/mol. The van der Waals surface area contributed by atoms with Crippen LogP contribution in [0.15, 0.2) is 33.6 Å². The van der Waals surface area contributed by atoms with Crippen LogP contribution in [0.2, 0.25) is 0 Å². The molecule has 1 aromatic rings. The number of benzene rings is 1. The van der Waals surface area contributed by atoms with Gasteiger partial charge in [0, 0.05) is 23.6 Å². The molecule has 0 bridgehead atoms. The van der Waals surface area contributed by atoms with E-state index in [-0.39, 0.29) is 17.6 Å². The Morgan fingerprint density at radius 1 is 1.07 bits per heavy atom. The predicted molar refractivity (Wildman–Crippen MR) is 110 cm³/mol. The molecule has 1 amide bonds. The molecule has 27 heavy (non-hydrogen) atoms. The molecule has 1 N–H and O–H groups in total. The lowest BCUT2D eigenvalue weighted by Gasteiger charge is -2.33. The number of hydrogen-bond acceptors (Lipinski definition) is 4. The number of rotatable bonds is 6. The van der Waals surface area contributed by atoms with Gasteiger partial charge in [0.2, 0.25) is 5.91 Å². The van der Waals surface area contributed by atoms with Crippen molar-refractivity contribution < 1.29 is 13.2 Å². The summed E-state index contributed by atoms with van der Waals surface area (Å²) in [6, 6.07) is 7.10. The van der Waals surface area contributed by atoms with E-state index in [9.17, 15) is 13.2 Å². The molecular weight excluding hydrogens is 428 g/mol. The molecule has 2 fully saturated rings. The fourth-order valence-corrected chi connectivity index (χ4v) is 5.60. The molecule has 0 radical (unpaired) electrons. The van der Waals surface area contributed by atoms with Crippen LogP contribution in [0, 0.1) is 5.92 Å². The van der Waals surface area contributed by atoms with Crippen LogP contribution in [0.1, 0.15) is 44.9 Å². The molecule has 2 aliphatic rings. The normalized spacial score (nSPS) is 22.5. The average Bonchev–Trinajstić information content (AvgIpc) is 2.68. The van der Waals surface area contributed by atoms with Gasteiger partial charge in [-0.1, -0.05) is 35.2 Å². The molecule has 1 aromatic carbocycles. The molecule has 1 aliphatic heterocycles. The number of likely N-dealkylation sites (tertiary alicyclic amines) is 1. The van der Waals surface area contributed by atoms with Gasteiger partial charge in [-0.05, 0) is 56.5 Å². The van der Waals surface area contributed by atoms with Gasteiger partial charge in [0.1, 0.15) is 0 Å². The number of nitrogens with zero attached hydrogens (tertiary/aromatic N) is 1. The van der Waals surface area contributed by atoms with Gasteiger partial charge in [-0.2, -0.15) is 0 Å². The van der Waals surface area contributed by atoms with Crippen LogP contribution in [-0.4, -0.2) is 50.7 Å². The zero-order valence-electron chi connectivity index (χ0n) is 15.7. The fourth-order valence-electron chi connectivity index (χ4n) is 4.05. The van der Waals surface area contributed by atoms with Gasteiger partial charge in [-0.3, -0.25) is 4.79 Å². The van der Waals surface area contributed by atoms with Gasteiger partial charge in [0.15, 0.2) is 9.84 Å². The Kier molecular flexibility index (Phi) is 7.34. The Morgan fingerprint density at radius 2 is 1.78 bits per heavy atom. The minimum atomic E-state index is -3.30. The summed E-state index contributed by atoms with van der Waals surface area (Å²) in [4.78, 5) is 15.1. The third-order valence-corrected chi connectivity index (χ3v) is 7.92. The Hall–Kier alpha value is -0.920. The van der Waals surface area contributed by atoms with Crippen molar-refractivity contribution in [2.24, 2.45) is 5.92 Å². The van der Waals surface area contributed by atoms with Crippen LogP contribution in [0.5, 0.6) is 0 Å². The third-order valence-electron chi connectivity index (χ3n) is 5.68. The van der Waals surface area contributed by atoms with Crippen LogP contribution in [0.25, 0.3) is 0 Å². The van der Waals surface area contributed by atoms with Crippen molar-refractivity contribution >= 4 is 31.7 Å². The zero-order valence-corrected chi connectivity index (χ0v) is 18.1. The third kappa shape index (κ3) is 6.03. The first-order valence-electron chi connectivity index (χ1n) is 9.95. The van der Waals surface area contributed by atoms with Crippen LogP contribution in [0.3, 0.4) is 0 Å². The van der Waals surface area contributed by atoms with Gasteiger partial charge in [-0.15, -0.1) is 0 Å². The van der Waals surface area contributed by atoms with E-state index in [2.05, 4.69) is 26.1 Å². The molecule has 3 rings (SSSR count). The molecule has 1 unspecified atom stereocenters. The maximum Gasteiger partial charge on any atom is 0.224 e. The summed E-state index contributed by atoms with van der Waals surface area (Å²) in [7, 11) is -3.30. The maximum absolute atomic E-state index is 12.6. The number of carbonyl (C=O) groups is 1. The Morgan fingerprint density at radius 3 is 2.48 bits per heavy atom. The smallest absolute Gasteiger partial charge is 0.224 e. The molecule has 0 aromatic heterocycles. The van der Waals surface area contributed by atoms with Crippen LogP contribution in [-0.2, 0) is 14.6 Å². The van der Waals surface area contributed by atoms with Gasteiger partial charge in [0.25, 0.3) is 0 Å². The second kappa shape index (κ2) is 9.52. The van der Waals surface area contributed by atoms with E-state index in [1.807, 2.05) is 0 Å². The highest BCUT2D eigenvalue weighted by Gasteiger charge is 2.28. The molecule has 150 valence electrons. The van der Waals surface area contributed by atoms with E-state index in [4.69, 9.17) is 0 Å². The first-order chi connectivity index (χ1) is 12.9. The summed E-state index contributed by atoms with van der Waals surface area (Å²) in [5.41, 5.74) is 0. The second-order valence-corrected chi connectivity index (χ2v) is 10.8. The van der Waals surface area contributed by atoms with Crippen LogP contribution < -0.4 is 5.32 Å². The van der Waals surface area contributed by atoms with E-state index >= 15 is 0 Å².